The summed E-state index contributed by atoms with van der Waals surface area (Å²) in [5.41, 5.74) is 7.08. The number of halogens is 1. The van der Waals surface area contributed by atoms with E-state index in [0.29, 0.717) is 5.02 Å². The highest BCUT2D eigenvalue weighted by Crippen LogP contribution is 2.26. The van der Waals surface area contributed by atoms with Crippen LogP contribution in [-0.4, -0.2) is 45.6 Å². The second kappa shape index (κ2) is 11.9. The molecule has 1 heterocycles. The lowest BCUT2D eigenvalue weighted by Gasteiger charge is -2.24. The van der Waals surface area contributed by atoms with Gasteiger partial charge in [0.1, 0.15) is 11.4 Å². The smallest absolute Gasteiger partial charge is 0.273 e. The molecule has 0 aliphatic heterocycles. The van der Waals surface area contributed by atoms with Crippen LogP contribution in [0, 0.1) is 0 Å². The fourth-order valence-electron chi connectivity index (χ4n) is 4.81. The van der Waals surface area contributed by atoms with E-state index in [1.54, 1.807) is 6.07 Å². The first-order valence-electron chi connectivity index (χ1n) is 12.3. The van der Waals surface area contributed by atoms with Crippen molar-refractivity contribution in [2.45, 2.75) is 76.4 Å². The Bertz CT molecular complexity index is 1060. The van der Waals surface area contributed by atoms with Gasteiger partial charge in [-0.1, -0.05) is 61.9 Å². The van der Waals surface area contributed by atoms with E-state index in [4.69, 9.17) is 17.3 Å². The van der Waals surface area contributed by atoms with E-state index in [-0.39, 0.29) is 53.2 Å². The molecule has 188 valence electrons. The number of anilines is 1. The third kappa shape index (κ3) is 6.52. The highest BCUT2D eigenvalue weighted by atomic mass is 35.5. The minimum absolute atomic E-state index is 0.0497. The summed E-state index contributed by atoms with van der Waals surface area (Å²) in [5.74, 6) is -1.03. The first-order chi connectivity index (χ1) is 16.9. The third-order valence-electron chi connectivity index (χ3n) is 6.74. The summed E-state index contributed by atoms with van der Waals surface area (Å²) in [6.45, 7) is -0.000955. The second-order valence-electron chi connectivity index (χ2n) is 9.38. The molecular formula is C25H32ClN5O3S. The van der Waals surface area contributed by atoms with Gasteiger partial charge in [0, 0.05) is 23.7 Å². The Morgan fingerprint density at radius 3 is 2.31 bits per heavy atom. The van der Waals surface area contributed by atoms with Crippen molar-refractivity contribution in [3.05, 3.63) is 45.4 Å². The Morgan fingerprint density at radius 2 is 1.63 bits per heavy atom. The summed E-state index contributed by atoms with van der Waals surface area (Å²) in [5, 5.41) is 6.53. The van der Waals surface area contributed by atoms with Gasteiger partial charge in [-0.05, 0) is 48.8 Å². The second-order valence-corrected chi connectivity index (χ2v) is 10.6. The Kier molecular flexibility index (Phi) is 8.62. The van der Waals surface area contributed by atoms with Gasteiger partial charge >= 0.3 is 0 Å². The summed E-state index contributed by atoms with van der Waals surface area (Å²) in [7, 11) is 0. The molecule has 1 aromatic carbocycles. The van der Waals surface area contributed by atoms with Gasteiger partial charge in [-0.3, -0.25) is 14.4 Å². The summed E-state index contributed by atoms with van der Waals surface area (Å²) >= 11 is 7.22. The van der Waals surface area contributed by atoms with Gasteiger partial charge < -0.3 is 21.3 Å². The Balaban J connectivity index is 1.50. The number of rotatable bonds is 8. The monoisotopic (exact) mass is 517 g/mol. The lowest BCUT2D eigenvalue weighted by atomic mass is 9.95. The predicted octanol–water partition coefficient (Wildman–Crippen LogP) is 4.14. The fourth-order valence-corrected chi connectivity index (χ4v) is 5.77. The number of nitrogen functional groups attached to an aromatic ring is 1. The van der Waals surface area contributed by atoms with Crippen LogP contribution in [0.3, 0.4) is 0 Å². The van der Waals surface area contributed by atoms with Crippen molar-refractivity contribution in [3.8, 4) is 0 Å². The van der Waals surface area contributed by atoms with E-state index >= 15 is 0 Å². The minimum Gasteiger partial charge on any atom is -0.395 e. The summed E-state index contributed by atoms with van der Waals surface area (Å²) in [4.78, 5) is 40.7. The van der Waals surface area contributed by atoms with Crippen LogP contribution in [0.4, 0.5) is 5.69 Å². The molecule has 1 aromatic heterocycles. The van der Waals surface area contributed by atoms with Crippen LogP contribution in [-0.2, 0) is 11.3 Å². The molecule has 0 spiro atoms. The standard InChI is InChI=1S/C25H32ClN5O3S/c26-19-13-7-4-8-16(19)14-31(15-20(32)28-17-11-5-6-12-17)25(34)23-21(27)22(30-35-23)24(33)29-18-9-2-1-3-10-18/h4,7-8,13,17-18H,1-3,5-6,9-12,14-15,27H2,(H,28,32)(H,29,33). The Labute approximate surface area is 214 Å². The van der Waals surface area contributed by atoms with Crippen molar-refractivity contribution < 1.29 is 14.4 Å². The number of nitrogens with two attached hydrogens (primary N) is 1. The molecule has 2 fully saturated rings. The summed E-state index contributed by atoms with van der Waals surface area (Å²) in [6, 6.07) is 7.44. The number of hydrogen-bond acceptors (Lipinski definition) is 6. The van der Waals surface area contributed by atoms with Gasteiger partial charge in [0.2, 0.25) is 5.91 Å². The number of carbonyl (C=O) groups excluding carboxylic acids is 3. The van der Waals surface area contributed by atoms with Crippen LogP contribution in [0.25, 0.3) is 0 Å². The van der Waals surface area contributed by atoms with Gasteiger partial charge in [-0.15, -0.1) is 0 Å². The zero-order valence-electron chi connectivity index (χ0n) is 19.7. The number of amides is 3. The van der Waals surface area contributed by atoms with Crippen LogP contribution in [0.2, 0.25) is 5.02 Å². The molecule has 2 saturated carbocycles. The van der Waals surface area contributed by atoms with Crippen LogP contribution in [0.5, 0.6) is 0 Å². The molecule has 0 atom stereocenters. The molecule has 2 aliphatic rings. The molecule has 8 nitrogen and oxygen atoms in total. The maximum atomic E-state index is 13.5. The number of carbonyl (C=O) groups is 3. The number of nitrogens with zero attached hydrogens (tertiary/aromatic N) is 2. The van der Waals surface area contributed by atoms with E-state index in [1.165, 1.54) is 11.3 Å². The maximum Gasteiger partial charge on any atom is 0.273 e. The molecule has 3 amide bonds. The third-order valence-corrected chi connectivity index (χ3v) is 7.96. The van der Waals surface area contributed by atoms with Gasteiger partial charge in [0.25, 0.3) is 11.8 Å². The lowest BCUT2D eigenvalue weighted by molar-refractivity contribution is -0.122. The molecule has 35 heavy (non-hydrogen) atoms. The van der Waals surface area contributed by atoms with Crippen molar-refractivity contribution >= 4 is 46.5 Å². The maximum absolute atomic E-state index is 13.5. The quantitative estimate of drug-likeness (QED) is 0.486. The molecule has 4 N–H and O–H groups in total. The predicted molar refractivity (Wildman–Crippen MR) is 137 cm³/mol. The molecular weight excluding hydrogens is 486 g/mol. The van der Waals surface area contributed by atoms with E-state index in [0.717, 1.165) is 68.5 Å². The first kappa shape index (κ1) is 25.4. The highest BCUT2D eigenvalue weighted by molar-refractivity contribution is 7.09. The lowest BCUT2D eigenvalue weighted by Crippen LogP contribution is -2.43. The van der Waals surface area contributed by atoms with Gasteiger partial charge in [0.05, 0.1) is 5.69 Å². The van der Waals surface area contributed by atoms with Crippen molar-refractivity contribution in [3.63, 3.8) is 0 Å². The number of aromatic nitrogens is 1. The van der Waals surface area contributed by atoms with Crippen molar-refractivity contribution in [1.29, 1.82) is 0 Å². The van der Waals surface area contributed by atoms with E-state index < -0.39 is 5.91 Å². The average molecular weight is 518 g/mol. The van der Waals surface area contributed by atoms with Crippen molar-refractivity contribution in [2.24, 2.45) is 0 Å². The van der Waals surface area contributed by atoms with Crippen LogP contribution < -0.4 is 16.4 Å². The van der Waals surface area contributed by atoms with Gasteiger partial charge in [-0.2, -0.15) is 4.37 Å². The normalized spacial score (nSPS) is 16.7. The summed E-state index contributed by atoms with van der Waals surface area (Å²) < 4.78 is 4.20. The number of benzene rings is 1. The molecule has 0 bridgehead atoms. The molecule has 0 unspecified atom stereocenters. The topological polar surface area (TPSA) is 117 Å². The molecule has 2 aliphatic carbocycles. The zero-order valence-corrected chi connectivity index (χ0v) is 21.3. The molecule has 0 radical (unpaired) electrons. The Morgan fingerprint density at radius 1 is 1.00 bits per heavy atom. The zero-order chi connectivity index (χ0) is 24.8. The summed E-state index contributed by atoms with van der Waals surface area (Å²) in [6.07, 6.45) is 9.30. The molecule has 10 heteroatoms. The van der Waals surface area contributed by atoms with Crippen LogP contribution in [0.1, 0.15) is 83.5 Å². The molecule has 4 rings (SSSR count). The number of nitrogens with one attached hydrogen (secondary N) is 2. The minimum atomic E-state index is -0.446. The average Bonchev–Trinajstić information content (AvgIpc) is 3.49. The van der Waals surface area contributed by atoms with Gasteiger partial charge in [-0.25, -0.2) is 0 Å². The van der Waals surface area contributed by atoms with E-state index in [9.17, 15) is 14.4 Å². The highest BCUT2D eigenvalue weighted by Gasteiger charge is 2.29. The van der Waals surface area contributed by atoms with E-state index in [1.807, 2.05) is 18.2 Å². The van der Waals surface area contributed by atoms with Crippen LogP contribution >= 0.6 is 23.1 Å². The molecule has 2 aromatic rings. The Hall–Kier alpha value is -2.65. The largest absolute Gasteiger partial charge is 0.395 e. The fraction of sp³-hybridized carbons (Fsp3) is 0.520. The molecule has 0 saturated heterocycles. The van der Waals surface area contributed by atoms with Crippen molar-refractivity contribution in [1.82, 2.24) is 19.9 Å². The van der Waals surface area contributed by atoms with E-state index in [2.05, 4.69) is 15.0 Å². The SMILES string of the molecule is Nc1c(C(=O)NC2CCCCC2)nsc1C(=O)N(CC(=O)NC1CCCC1)Cc1ccccc1Cl. The number of hydrogen-bond donors (Lipinski definition) is 3. The van der Waals surface area contributed by atoms with Crippen molar-refractivity contribution in [2.75, 3.05) is 12.3 Å². The first-order valence-corrected chi connectivity index (χ1v) is 13.5. The van der Waals surface area contributed by atoms with Crippen LogP contribution in [0.15, 0.2) is 24.3 Å². The van der Waals surface area contributed by atoms with Gasteiger partial charge in [0.15, 0.2) is 5.69 Å².